The van der Waals surface area contributed by atoms with Gasteiger partial charge in [0.15, 0.2) is 0 Å². The quantitative estimate of drug-likeness (QED) is 0.853. The molecule has 3 N–H and O–H groups in total. The third-order valence-corrected chi connectivity index (χ3v) is 3.31. The highest BCUT2D eigenvalue weighted by Crippen LogP contribution is 2.21. The minimum absolute atomic E-state index is 0.0666. The van der Waals surface area contributed by atoms with Gasteiger partial charge in [0.25, 0.3) is 5.91 Å². The molecule has 0 spiro atoms. The zero-order valence-corrected chi connectivity index (χ0v) is 12.8. The van der Waals surface area contributed by atoms with Crippen LogP contribution in [-0.4, -0.2) is 24.9 Å². The highest BCUT2D eigenvalue weighted by Gasteiger charge is 2.09. The number of nitrogens with zero attached hydrogens (tertiary/aromatic N) is 1. The minimum atomic E-state index is -0.0666. The molecule has 0 atom stereocenters. The third-order valence-electron chi connectivity index (χ3n) is 3.08. The Morgan fingerprint density at radius 2 is 2.00 bits per heavy atom. The number of hydrogen-bond donors (Lipinski definition) is 2. The van der Waals surface area contributed by atoms with E-state index in [0.717, 1.165) is 11.3 Å². The van der Waals surface area contributed by atoms with E-state index < -0.39 is 0 Å². The molecule has 0 aliphatic carbocycles. The lowest BCUT2D eigenvalue weighted by Gasteiger charge is -2.13. The van der Waals surface area contributed by atoms with E-state index in [0.29, 0.717) is 22.8 Å². The van der Waals surface area contributed by atoms with Crippen molar-refractivity contribution in [1.82, 2.24) is 4.90 Å². The Bertz CT molecular complexity index is 656. The number of rotatable bonds is 4. The number of amides is 1. The third kappa shape index (κ3) is 3.89. The van der Waals surface area contributed by atoms with Gasteiger partial charge in [0.2, 0.25) is 0 Å². The fourth-order valence-corrected chi connectivity index (χ4v) is 2.17. The zero-order chi connectivity index (χ0) is 15.4. The lowest BCUT2D eigenvalue weighted by atomic mass is 10.1. The normalized spacial score (nSPS) is 10.2. The Kier molecular flexibility index (Phi) is 4.70. The first-order valence-electron chi connectivity index (χ1n) is 6.57. The van der Waals surface area contributed by atoms with Crippen LogP contribution >= 0.6 is 11.6 Å². The lowest BCUT2D eigenvalue weighted by molar-refractivity contribution is 0.0827. The monoisotopic (exact) mass is 303 g/mol. The molecule has 0 radical (unpaired) electrons. The Labute approximate surface area is 129 Å². The van der Waals surface area contributed by atoms with Crippen molar-refractivity contribution in [1.29, 1.82) is 0 Å². The SMILES string of the molecule is CN(C)C(=O)c1ccc(NCc2cccc(Cl)c2)c(N)c1. The van der Waals surface area contributed by atoms with Crippen LogP contribution in [0.5, 0.6) is 0 Å². The molecule has 2 rings (SSSR count). The summed E-state index contributed by atoms with van der Waals surface area (Å²) in [6.45, 7) is 0.617. The number of hydrogen-bond acceptors (Lipinski definition) is 3. The highest BCUT2D eigenvalue weighted by atomic mass is 35.5. The van der Waals surface area contributed by atoms with Gasteiger partial charge in [-0.25, -0.2) is 0 Å². The van der Waals surface area contributed by atoms with Crippen molar-refractivity contribution in [2.75, 3.05) is 25.1 Å². The molecule has 0 saturated heterocycles. The first-order chi connectivity index (χ1) is 9.97. The van der Waals surface area contributed by atoms with E-state index in [1.807, 2.05) is 30.3 Å². The molecule has 5 heteroatoms. The summed E-state index contributed by atoms with van der Waals surface area (Å²) in [6, 6.07) is 12.9. The molecule has 0 unspecified atom stereocenters. The van der Waals surface area contributed by atoms with Gasteiger partial charge in [-0.1, -0.05) is 23.7 Å². The van der Waals surface area contributed by atoms with Crippen molar-refractivity contribution in [3.8, 4) is 0 Å². The summed E-state index contributed by atoms with van der Waals surface area (Å²) in [6.07, 6.45) is 0. The van der Waals surface area contributed by atoms with Gasteiger partial charge in [-0.3, -0.25) is 4.79 Å². The first kappa shape index (κ1) is 15.2. The van der Waals surface area contributed by atoms with Gasteiger partial charge in [0, 0.05) is 31.2 Å². The molecule has 2 aromatic rings. The van der Waals surface area contributed by atoms with E-state index in [1.165, 1.54) is 4.90 Å². The second-order valence-corrected chi connectivity index (χ2v) is 5.42. The summed E-state index contributed by atoms with van der Waals surface area (Å²) in [5.74, 6) is -0.0666. The maximum atomic E-state index is 11.9. The van der Waals surface area contributed by atoms with E-state index in [9.17, 15) is 4.79 Å². The van der Waals surface area contributed by atoms with Gasteiger partial charge in [0.05, 0.1) is 11.4 Å². The van der Waals surface area contributed by atoms with Gasteiger partial charge in [-0.2, -0.15) is 0 Å². The highest BCUT2D eigenvalue weighted by molar-refractivity contribution is 6.30. The van der Waals surface area contributed by atoms with Crippen LogP contribution in [0.15, 0.2) is 42.5 Å². The molecule has 0 saturated carbocycles. The van der Waals surface area contributed by atoms with Gasteiger partial charge in [-0.05, 0) is 35.9 Å². The van der Waals surface area contributed by atoms with Crippen LogP contribution in [0.3, 0.4) is 0 Å². The fraction of sp³-hybridized carbons (Fsp3) is 0.188. The molecule has 0 fully saturated rings. The van der Waals surface area contributed by atoms with Crippen molar-refractivity contribution in [3.63, 3.8) is 0 Å². The topological polar surface area (TPSA) is 58.4 Å². The average molecular weight is 304 g/mol. The summed E-state index contributed by atoms with van der Waals surface area (Å²) in [4.78, 5) is 13.4. The predicted molar refractivity (Wildman–Crippen MR) is 87.7 cm³/mol. The van der Waals surface area contributed by atoms with Crippen LogP contribution < -0.4 is 11.1 Å². The Hall–Kier alpha value is -2.20. The molecule has 0 aromatic heterocycles. The maximum absolute atomic E-state index is 11.9. The summed E-state index contributed by atoms with van der Waals surface area (Å²) < 4.78 is 0. The van der Waals surface area contributed by atoms with Crippen molar-refractivity contribution in [3.05, 3.63) is 58.6 Å². The smallest absolute Gasteiger partial charge is 0.253 e. The van der Waals surface area contributed by atoms with Crippen molar-refractivity contribution >= 4 is 28.9 Å². The molecule has 110 valence electrons. The van der Waals surface area contributed by atoms with Crippen LogP contribution in [0.2, 0.25) is 5.02 Å². The number of nitrogens with one attached hydrogen (secondary N) is 1. The molecule has 0 aliphatic rings. The van der Waals surface area contributed by atoms with Crippen LogP contribution in [0.1, 0.15) is 15.9 Å². The molecular formula is C16H18ClN3O. The van der Waals surface area contributed by atoms with Crippen LogP contribution in [-0.2, 0) is 6.54 Å². The van der Waals surface area contributed by atoms with Gasteiger partial charge in [0.1, 0.15) is 0 Å². The second-order valence-electron chi connectivity index (χ2n) is 4.99. The van der Waals surface area contributed by atoms with E-state index in [2.05, 4.69) is 5.32 Å². The molecule has 0 bridgehead atoms. The minimum Gasteiger partial charge on any atom is -0.397 e. The molecular weight excluding hydrogens is 286 g/mol. The lowest BCUT2D eigenvalue weighted by Crippen LogP contribution is -2.21. The van der Waals surface area contributed by atoms with Gasteiger partial charge in [-0.15, -0.1) is 0 Å². The Balaban J connectivity index is 2.09. The molecule has 0 aliphatic heterocycles. The van der Waals surface area contributed by atoms with E-state index in [1.54, 1.807) is 26.2 Å². The first-order valence-corrected chi connectivity index (χ1v) is 6.94. The van der Waals surface area contributed by atoms with Crippen molar-refractivity contribution in [2.24, 2.45) is 0 Å². The Morgan fingerprint density at radius 1 is 1.24 bits per heavy atom. The van der Waals surface area contributed by atoms with Gasteiger partial charge < -0.3 is 16.0 Å². The van der Waals surface area contributed by atoms with E-state index in [-0.39, 0.29) is 5.91 Å². The maximum Gasteiger partial charge on any atom is 0.253 e. The largest absolute Gasteiger partial charge is 0.397 e. The number of benzene rings is 2. The standard InChI is InChI=1S/C16H18ClN3O/c1-20(2)16(21)12-6-7-15(14(18)9-12)19-10-11-4-3-5-13(17)8-11/h3-9,19H,10,18H2,1-2H3. The fourth-order valence-electron chi connectivity index (χ4n) is 1.96. The molecule has 4 nitrogen and oxygen atoms in total. The molecule has 2 aromatic carbocycles. The number of carbonyl (C=O) groups is 1. The van der Waals surface area contributed by atoms with Crippen molar-refractivity contribution < 1.29 is 4.79 Å². The number of halogens is 1. The van der Waals surface area contributed by atoms with Crippen LogP contribution in [0.4, 0.5) is 11.4 Å². The summed E-state index contributed by atoms with van der Waals surface area (Å²) in [7, 11) is 3.42. The summed E-state index contributed by atoms with van der Waals surface area (Å²) in [5.41, 5.74) is 8.98. The summed E-state index contributed by atoms with van der Waals surface area (Å²) >= 11 is 5.95. The molecule has 0 heterocycles. The van der Waals surface area contributed by atoms with Crippen LogP contribution in [0, 0.1) is 0 Å². The number of carbonyl (C=O) groups excluding carboxylic acids is 1. The predicted octanol–water partition coefficient (Wildman–Crippen LogP) is 3.24. The van der Waals surface area contributed by atoms with Crippen LogP contribution in [0.25, 0.3) is 0 Å². The van der Waals surface area contributed by atoms with Crippen molar-refractivity contribution in [2.45, 2.75) is 6.54 Å². The van der Waals surface area contributed by atoms with E-state index >= 15 is 0 Å². The number of nitrogens with two attached hydrogens (primary N) is 1. The van der Waals surface area contributed by atoms with E-state index in [4.69, 9.17) is 17.3 Å². The summed E-state index contributed by atoms with van der Waals surface area (Å²) in [5, 5.41) is 3.95. The number of anilines is 2. The zero-order valence-electron chi connectivity index (χ0n) is 12.1. The second kappa shape index (κ2) is 6.50. The molecule has 1 amide bonds. The number of nitrogen functional groups attached to an aromatic ring is 1. The molecule has 21 heavy (non-hydrogen) atoms. The Morgan fingerprint density at radius 3 is 2.62 bits per heavy atom. The average Bonchev–Trinajstić information content (AvgIpc) is 2.45. The van der Waals surface area contributed by atoms with Gasteiger partial charge >= 0.3 is 0 Å².